The molecule has 0 atom stereocenters. The van der Waals surface area contributed by atoms with Crippen molar-refractivity contribution in [3.05, 3.63) is 59.9 Å². The lowest BCUT2D eigenvalue weighted by Crippen LogP contribution is -2.50. The van der Waals surface area contributed by atoms with E-state index in [0.717, 1.165) is 43.5 Å². The first kappa shape index (κ1) is 23.2. The molecule has 1 aliphatic carbocycles. The Hall–Kier alpha value is -3.45. The van der Waals surface area contributed by atoms with Gasteiger partial charge in [0.1, 0.15) is 11.4 Å². The minimum absolute atomic E-state index is 0.0528. The topological polar surface area (TPSA) is 125 Å². The van der Waals surface area contributed by atoms with Crippen molar-refractivity contribution >= 4 is 27.6 Å². The molecule has 2 aromatic rings. The molecule has 2 N–H and O–H groups in total. The van der Waals surface area contributed by atoms with Crippen molar-refractivity contribution in [1.82, 2.24) is 5.32 Å². The molecule has 32 heavy (non-hydrogen) atoms. The van der Waals surface area contributed by atoms with Crippen molar-refractivity contribution in [1.29, 1.82) is 5.26 Å². The van der Waals surface area contributed by atoms with Gasteiger partial charge in [-0.3, -0.25) is 9.52 Å². The van der Waals surface area contributed by atoms with Crippen molar-refractivity contribution in [3.8, 4) is 6.07 Å². The molecule has 168 valence electrons. The smallest absolute Gasteiger partial charge is 0.340 e. The van der Waals surface area contributed by atoms with Gasteiger partial charge in [-0.25, -0.2) is 17.6 Å². The van der Waals surface area contributed by atoms with E-state index in [9.17, 15) is 27.7 Å². The van der Waals surface area contributed by atoms with E-state index in [2.05, 4.69) is 16.1 Å². The molecule has 1 fully saturated rings. The molecule has 1 aliphatic rings. The van der Waals surface area contributed by atoms with Gasteiger partial charge >= 0.3 is 5.97 Å². The zero-order valence-electron chi connectivity index (χ0n) is 17.1. The molecule has 1 amide bonds. The summed E-state index contributed by atoms with van der Waals surface area (Å²) in [6, 6.07) is 12.1. The van der Waals surface area contributed by atoms with Gasteiger partial charge in [-0.15, -0.1) is 0 Å². The Bertz CT molecular complexity index is 1140. The Balaban J connectivity index is 1.67. The van der Waals surface area contributed by atoms with Gasteiger partial charge in [0.2, 0.25) is 0 Å². The second kappa shape index (κ2) is 9.78. The Labute approximate surface area is 185 Å². The van der Waals surface area contributed by atoms with Crippen LogP contribution in [-0.4, -0.2) is 32.4 Å². The number of nitrogens with one attached hydrogen (secondary N) is 2. The number of halogens is 1. The normalized spacial score (nSPS) is 15.2. The van der Waals surface area contributed by atoms with Crippen LogP contribution in [0.1, 0.15) is 42.5 Å². The highest BCUT2D eigenvalue weighted by Gasteiger charge is 2.33. The Morgan fingerprint density at radius 2 is 1.72 bits per heavy atom. The summed E-state index contributed by atoms with van der Waals surface area (Å²) in [5.74, 6) is -2.10. The van der Waals surface area contributed by atoms with Crippen LogP contribution >= 0.6 is 0 Å². The van der Waals surface area contributed by atoms with E-state index < -0.39 is 39.9 Å². The lowest BCUT2D eigenvalue weighted by molar-refractivity contribution is -0.125. The maximum absolute atomic E-state index is 13.1. The van der Waals surface area contributed by atoms with Gasteiger partial charge in [-0.2, -0.15) is 5.26 Å². The first-order chi connectivity index (χ1) is 15.2. The van der Waals surface area contributed by atoms with E-state index in [1.165, 1.54) is 24.3 Å². The minimum atomic E-state index is -4.09. The molecule has 0 spiro atoms. The zero-order chi connectivity index (χ0) is 23.2. The van der Waals surface area contributed by atoms with Crippen LogP contribution in [0.5, 0.6) is 0 Å². The molecule has 0 radical (unpaired) electrons. The van der Waals surface area contributed by atoms with E-state index >= 15 is 0 Å². The summed E-state index contributed by atoms with van der Waals surface area (Å²) in [6.45, 7) is -0.610. The quantitative estimate of drug-likeness (QED) is 0.613. The second-order valence-corrected chi connectivity index (χ2v) is 9.17. The molecular weight excluding hydrogens is 437 g/mol. The SMILES string of the molecule is N#CC1(NC(=O)COC(=O)c2ccccc2NS(=O)(=O)c2ccc(F)cc2)CCCCC1. The highest BCUT2D eigenvalue weighted by molar-refractivity contribution is 7.92. The lowest BCUT2D eigenvalue weighted by atomic mass is 9.83. The first-order valence-corrected chi connectivity index (χ1v) is 11.5. The van der Waals surface area contributed by atoms with Crippen molar-refractivity contribution < 1.29 is 27.1 Å². The lowest BCUT2D eigenvalue weighted by Gasteiger charge is -2.31. The van der Waals surface area contributed by atoms with Crippen LogP contribution < -0.4 is 10.0 Å². The van der Waals surface area contributed by atoms with Crippen molar-refractivity contribution in [3.63, 3.8) is 0 Å². The number of rotatable bonds is 7. The first-order valence-electron chi connectivity index (χ1n) is 10.0. The van der Waals surface area contributed by atoms with Crippen LogP contribution in [-0.2, 0) is 19.6 Å². The van der Waals surface area contributed by atoms with E-state index in [1.807, 2.05) is 0 Å². The third-order valence-corrected chi connectivity index (χ3v) is 6.53. The number of ether oxygens (including phenoxy) is 1. The van der Waals surface area contributed by atoms with Gasteiger partial charge in [0.15, 0.2) is 6.61 Å². The molecular formula is C22H22FN3O5S. The van der Waals surface area contributed by atoms with Gasteiger partial charge in [0.25, 0.3) is 15.9 Å². The van der Waals surface area contributed by atoms with E-state index in [4.69, 9.17) is 4.74 Å². The molecule has 0 aromatic heterocycles. The van der Waals surface area contributed by atoms with Crippen LogP contribution in [0, 0.1) is 17.1 Å². The largest absolute Gasteiger partial charge is 0.452 e. The van der Waals surface area contributed by atoms with Crippen molar-refractivity contribution in [2.75, 3.05) is 11.3 Å². The van der Waals surface area contributed by atoms with Crippen molar-refractivity contribution in [2.24, 2.45) is 0 Å². The summed E-state index contributed by atoms with van der Waals surface area (Å²) < 4.78 is 45.5. The highest BCUT2D eigenvalue weighted by atomic mass is 32.2. The van der Waals surface area contributed by atoms with Crippen LogP contribution in [0.25, 0.3) is 0 Å². The molecule has 0 heterocycles. The summed E-state index contributed by atoms with van der Waals surface area (Å²) >= 11 is 0. The van der Waals surface area contributed by atoms with Crippen LogP contribution in [0.2, 0.25) is 0 Å². The monoisotopic (exact) mass is 459 g/mol. The van der Waals surface area contributed by atoms with Gasteiger partial charge in [-0.1, -0.05) is 31.4 Å². The maximum Gasteiger partial charge on any atom is 0.340 e. The summed E-state index contributed by atoms with van der Waals surface area (Å²) in [5.41, 5.74) is -1.11. The molecule has 2 aromatic carbocycles. The number of hydrogen-bond donors (Lipinski definition) is 2. The Morgan fingerprint density at radius 3 is 2.38 bits per heavy atom. The average molecular weight is 459 g/mol. The van der Waals surface area contributed by atoms with Gasteiger partial charge in [0, 0.05) is 0 Å². The third kappa shape index (κ3) is 5.62. The number of carbonyl (C=O) groups is 2. The van der Waals surface area contributed by atoms with Gasteiger partial charge in [0.05, 0.1) is 22.2 Å². The van der Waals surface area contributed by atoms with Crippen LogP contribution in [0.15, 0.2) is 53.4 Å². The number of amides is 1. The van der Waals surface area contributed by atoms with E-state index in [1.54, 1.807) is 0 Å². The Morgan fingerprint density at radius 1 is 1.06 bits per heavy atom. The number of nitriles is 1. The van der Waals surface area contributed by atoms with Gasteiger partial charge in [-0.05, 0) is 49.2 Å². The fourth-order valence-corrected chi connectivity index (χ4v) is 4.58. The highest BCUT2D eigenvalue weighted by Crippen LogP contribution is 2.27. The molecule has 1 saturated carbocycles. The summed E-state index contributed by atoms with van der Waals surface area (Å²) in [5, 5.41) is 12.1. The number of para-hydroxylation sites is 1. The summed E-state index contributed by atoms with van der Waals surface area (Å²) in [6.07, 6.45) is 3.73. The average Bonchev–Trinajstić information content (AvgIpc) is 2.78. The number of carbonyl (C=O) groups excluding carboxylic acids is 2. The fourth-order valence-electron chi connectivity index (χ4n) is 3.50. The molecule has 0 saturated heterocycles. The summed E-state index contributed by atoms with van der Waals surface area (Å²) in [7, 11) is -4.09. The van der Waals surface area contributed by atoms with E-state index in [0.29, 0.717) is 12.8 Å². The molecule has 8 nitrogen and oxygen atoms in total. The molecule has 0 bridgehead atoms. The Kier molecular flexibility index (Phi) is 7.10. The standard InChI is InChI=1S/C22H22FN3O5S/c23-16-8-10-17(11-9-16)32(29,30)26-19-7-3-2-6-18(19)21(28)31-14-20(27)25-22(15-24)12-4-1-5-13-22/h2-3,6-11,26H,1,4-5,12-14H2,(H,25,27). The molecule has 0 unspecified atom stereocenters. The zero-order valence-corrected chi connectivity index (χ0v) is 18.0. The summed E-state index contributed by atoms with van der Waals surface area (Å²) in [4.78, 5) is 24.6. The number of benzene rings is 2. The number of nitrogens with zero attached hydrogens (tertiary/aromatic N) is 1. The predicted octanol–water partition coefficient (Wildman–Crippen LogP) is 3.13. The fraction of sp³-hybridized carbons (Fsp3) is 0.318. The maximum atomic E-state index is 13.1. The number of sulfonamides is 1. The number of esters is 1. The van der Waals surface area contributed by atoms with Crippen LogP contribution in [0.4, 0.5) is 10.1 Å². The van der Waals surface area contributed by atoms with E-state index in [-0.39, 0.29) is 16.1 Å². The predicted molar refractivity (Wildman–Crippen MR) is 114 cm³/mol. The number of hydrogen-bond acceptors (Lipinski definition) is 6. The number of anilines is 1. The van der Waals surface area contributed by atoms with Crippen molar-refractivity contribution in [2.45, 2.75) is 42.5 Å². The molecule has 10 heteroatoms. The third-order valence-electron chi connectivity index (χ3n) is 5.15. The second-order valence-electron chi connectivity index (χ2n) is 7.48. The minimum Gasteiger partial charge on any atom is -0.452 e. The molecule has 3 rings (SSSR count). The van der Waals surface area contributed by atoms with Crippen LogP contribution in [0.3, 0.4) is 0 Å². The molecule has 0 aliphatic heterocycles. The van der Waals surface area contributed by atoms with Gasteiger partial charge < -0.3 is 10.1 Å².